The van der Waals surface area contributed by atoms with Gasteiger partial charge >= 0.3 is 5.97 Å². The van der Waals surface area contributed by atoms with Crippen LogP contribution >= 0.6 is 0 Å². The van der Waals surface area contributed by atoms with Crippen molar-refractivity contribution >= 4 is 11.9 Å². The van der Waals surface area contributed by atoms with E-state index in [4.69, 9.17) is 5.11 Å². The van der Waals surface area contributed by atoms with Crippen LogP contribution < -0.4 is 0 Å². The smallest absolute Gasteiger partial charge is 0.303 e. The average molecular weight is 295 g/mol. The molecular formula is C15H25N3O3. The zero-order chi connectivity index (χ0) is 16.2. The number of rotatable bonds is 7. The second-order valence-corrected chi connectivity index (χ2v) is 5.64. The van der Waals surface area contributed by atoms with E-state index in [-0.39, 0.29) is 18.2 Å². The Morgan fingerprint density at radius 1 is 1.38 bits per heavy atom. The Morgan fingerprint density at radius 2 is 2.00 bits per heavy atom. The number of aryl methyl sites for hydroxylation is 2. The van der Waals surface area contributed by atoms with Crippen molar-refractivity contribution in [3.63, 3.8) is 0 Å². The molecule has 6 heteroatoms. The zero-order valence-corrected chi connectivity index (χ0v) is 13.5. The van der Waals surface area contributed by atoms with E-state index in [1.807, 2.05) is 32.5 Å². The van der Waals surface area contributed by atoms with E-state index in [9.17, 15) is 9.59 Å². The van der Waals surface area contributed by atoms with Crippen LogP contribution in [0, 0.1) is 19.8 Å². The highest BCUT2D eigenvalue weighted by atomic mass is 16.4. The fourth-order valence-electron chi connectivity index (χ4n) is 2.46. The number of nitrogens with zero attached hydrogens (tertiary/aromatic N) is 3. The molecule has 1 unspecified atom stereocenters. The van der Waals surface area contributed by atoms with Crippen LogP contribution in [0.25, 0.3) is 0 Å². The van der Waals surface area contributed by atoms with Crippen LogP contribution in [0.1, 0.15) is 36.7 Å². The molecular weight excluding hydrogens is 270 g/mol. The molecule has 21 heavy (non-hydrogen) atoms. The van der Waals surface area contributed by atoms with Gasteiger partial charge in [-0.25, -0.2) is 0 Å². The van der Waals surface area contributed by atoms with Gasteiger partial charge in [0.2, 0.25) is 5.91 Å². The lowest BCUT2D eigenvalue weighted by Crippen LogP contribution is -2.33. The molecule has 1 aromatic rings. The van der Waals surface area contributed by atoms with Crippen molar-refractivity contribution in [1.29, 1.82) is 0 Å². The van der Waals surface area contributed by atoms with Gasteiger partial charge < -0.3 is 10.0 Å². The van der Waals surface area contributed by atoms with Gasteiger partial charge in [-0.3, -0.25) is 14.3 Å². The number of aromatic nitrogens is 2. The fraction of sp³-hybridized carbons (Fsp3) is 0.667. The summed E-state index contributed by atoms with van der Waals surface area (Å²) in [5, 5.41) is 13.0. The van der Waals surface area contributed by atoms with E-state index in [2.05, 4.69) is 5.10 Å². The summed E-state index contributed by atoms with van der Waals surface area (Å²) < 4.78 is 1.83. The molecule has 118 valence electrons. The Labute approximate surface area is 125 Å². The number of hydrogen-bond acceptors (Lipinski definition) is 3. The van der Waals surface area contributed by atoms with E-state index in [0.717, 1.165) is 17.0 Å². The molecule has 0 radical (unpaired) electrons. The quantitative estimate of drug-likeness (QED) is 0.828. The number of aliphatic carboxylic acids is 1. The SMILES string of the molecule is Cc1nn(C)c(C)c1CC(C)C(=O)N(C)CCCC(=O)O. The first kappa shape index (κ1) is 17.2. The monoisotopic (exact) mass is 295 g/mol. The summed E-state index contributed by atoms with van der Waals surface area (Å²) in [6, 6.07) is 0. The number of hydrogen-bond donors (Lipinski definition) is 1. The maximum absolute atomic E-state index is 12.3. The van der Waals surface area contributed by atoms with Crippen LogP contribution in [0.4, 0.5) is 0 Å². The molecule has 0 aliphatic rings. The van der Waals surface area contributed by atoms with Gasteiger partial charge in [0.1, 0.15) is 0 Å². The predicted octanol–water partition coefficient (Wildman–Crippen LogP) is 1.54. The molecule has 1 aromatic heterocycles. The van der Waals surface area contributed by atoms with Gasteiger partial charge in [-0.1, -0.05) is 6.92 Å². The molecule has 1 rings (SSSR count). The van der Waals surface area contributed by atoms with Crippen LogP contribution in [0.3, 0.4) is 0 Å². The first-order valence-corrected chi connectivity index (χ1v) is 7.19. The minimum atomic E-state index is -0.828. The minimum Gasteiger partial charge on any atom is -0.481 e. The van der Waals surface area contributed by atoms with E-state index in [1.54, 1.807) is 11.9 Å². The molecule has 0 aromatic carbocycles. The Morgan fingerprint density at radius 3 is 2.48 bits per heavy atom. The van der Waals surface area contributed by atoms with Gasteiger partial charge in [0.25, 0.3) is 0 Å². The number of amides is 1. The van der Waals surface area contributed by atoms with Gasteiger partial charge in [-0.05, 0) is 32.3 Å². The summed E-state index contributed by atoms with van der Waals surface area (Å²) in [6.45, 7) is 6.33. The van der Waals surface area contributed by atoms with E-state index >= 15 is 0 Å². The van der Waals surface area contributed by atoms with Gasteiger partial charge in [0, 0.05) is 38.7 Å². The third kappa shape index (κ3) is 4.58. The van der Waals surface area contributed by atoms with E-state index in [1.165, 1.54) is 0 Å². The fourth-order valence-corrected chi connectivity index (χ4v) is 2.46. The van der Waals surface area contributed by atoms with Crippen molar-refractivity contribution < 1.29 is 14.7 Å². The molecule has 1 heterocycles. The lowest BCUT2D eigenvalue weighted by atomic mass is 9.98. The topological polar surface area (TPSA) is 75.4 Å². The lowest BCUT2D eigenvalue weighted by Gasteiger charge is -2.21. The molecule has 6 nitrogen and oxygen atoms in total. The summed E-state index contributed by atoms with van der Waals surface area (Å²) >= 11 is 0. The Kier molecular flexibility index (Phi) is 5.93. The van der Waals surface area contributed by atoms with E-state index in [0.29, 0.717) is 19.4 Å². The van der Waals surface area contributed by atoms with Crippen LogP contribution in [0.15, 0.2) is 0 Å². The number of carbonyl (C=O) groups is 2. The van der Waals surface area contributed by atoms with Crippen molar-refractivity contribution in [3.8, 4) is 0 Å². The summed E-state index contributed by atoms with van der Waals surface area (Å²) in [5.74, 6) is -0.921. The Bertz CT molecular complexity index is 522. The van der Waals surface area contributed by atoms with Gasteiger partial charge in [0.15, 0.2) is 0 Å². The van der Waals surface area contributed by atoms with Gasteiger partial charge in [0.05, 0.1) is 5.69 Å². The molecule has 0 bridgehead atoms. The summed E-state index contributed by atoms with van der Waals surface area (Å²) in [5.41, 5.74) is 3.17. The largest absolute Gasteiger partial charge is 0.481 e. The van der Waals surface area contributed by atoms with Gasteiger partial charge in [-0.15, -0.1) is 0 Å². The number of carboxylic acid groups (broad SMARTS) is 1. The highest BCUT2D eigenvalue weighted by molar-refractivity contribution is 5.78. The van der Waals surface area contributed by atoms with Crippen molar-refractivity contribution in [1.82, 2.24) is 14.7 Å². The first-order valence-electron chi connectivity index (χ1n) is 7.19. The molecule has 0 saturated heterocycles. The van der Waals surface area contributed by atoms with E-state index < -0.39 is 5.97 Å². The van der Waals surface area contributed by atoms with Crippen LogP contribution in [0.5, 0.6) is 0 Å². The predicted molar refractivity (Wildman–Crippen MR) is 80.1 cm³/mol. The summed E-state index contributed by atoms with van der Waals surface area (Å²) in [6.07, 6.45) is 1.23. The highest BCUT2D eigenvalue weighted by Crippen LogP contribution is 2.18. The second-order valence-electron chi connectivity index (χ2n) is 5.64. The second kappa shape index (κ2) is 7.24. The van der Waals surface area contributed by atoms with Crippen molar-refractivity contribution in [2.45, 2.75) is 40.0 Å². The number of carbonyl (C=O) groups excluding carboxylic acids is 1. The summed E-state index contributed by atoms with van der Waals surface area (Å²) in [7, 11) is 3.62. The average Bonchev–Trinajstić information content (AvgIpc) is 2.63. The molecule has 0 aliphatic carbocycles. The summed E-state index contributed by atoms with van der Waals surface area (Å²) in [4.78, 5) is 24.4. The van der Waals surface area contributed by atoms with Crippen molar-refractivity contribution in [2.75, 3.05) is 13.6 Å². The van der Waals surface area contributed by atoms with Crippen LogP contribution in [-0.2, 0) is 23.1 Å². The lowest BCUT2D eigenvalue weighted by molar-refractivity contribution is -0.138. The molecule has 1 N–H and O–H groups in total. The standard InChI is InChI=1S/C15H25N3O3/c1-10(9-13-11(2)16-18(5)12(13)3)15(21)17(4)8-6-7-14(19)20/h10H,6-9H2,1-5H3,(H,19,20). The van der Waals surface area contributed by atoms with Crippen molar-refractivity contribution in [3.05, 3.63) is 17.0 Å². The maximum Gasteiger partial charge on any atom is 0.303 e. The Balaban J connectivity index is 2.59. The third-order valence-corrected chi connectivity index (χ3v) is 3.85. The van der Waals surface area contributed by atoms with Gasteiger partial charge in [-0.2, -0.15) is 5.10 Å². The molecule has 1 atom stereocenters. The molecule has 0 aliphatic heterocycles. The van der Waals surface area contributed by atoms with Crippen LogP contribution in [-0.4, -0.2) is 45.3 Å². The maximum atomic E-state index is 12.3. The Hall–Kier alpha value is -1.85. The molecule has 0 fully saturated rings. The molecule has 0 saturated carbocycles. The zero-order valence-electron chi connectivity index (χ0n) is 13.5. The van der Waals surface area contributed by atoms with Crippen molar-refractivity contribution in [2.24, 2.45) is 13.0 Å². The molecule has 1 amide bonds. The van der Waals surface area contributed by atoms with Crippen LogP contribution in [0.2, 0.25) is 0 Å². The normalized spacial score (nSPS) is 12.2. The number of carboxylic acids is 1. The molecule has 0 spiro atoms. The first-order chi connectivity index (χ1) is 9.73. The minimum absolute atomic E-state index is 0.0445. The highest BCUT2D eigenvalue weighted by Gasteiger charge is 2.21. The third-order valence-electron chi connectivity index (χ3n) is 3.85.